The number of aromatic carboxylic acids is 1. The van der Waals surface area contributed by atoms with Gasteiger partial charge in [-0.25, -0.2) is 4.79 Å². The first-order chi connectivity index (χ1) is 5.66. The average Bonchev–Trinajstić information content (AvgIpc) is 2.04. The normalized spacial score (nSPS) is 9.42. The minimum absolute atomic E-state index is 0.167. The number of carbonyl (C=O) groups excluding carboxylic acids is 1. The lowest BCUT2D eigenvalue weighted by atomic mass is 10.1. The van der Waals surface area contributed by atoms with Gasteiger partial charge in [-0.15, -0.1) is 0 Å². The molecule has 0 radical (unpaired) electrons. The molecule has 0 bridgehead atoms. The average molecular weight is 276 g/mol. The van der Waals surface area contributed by atoms with Gasteiger partial charge in [-0.1, -0.05) is 12.1 Å². The summed E-state index contributed by atoms with van der Waals surface area (Å²) in [5.41, 5.74) is 0.579. The van der Waals surface area contributed by atoms with Crippen LogP contribution >= 0.6 is 22.6 Å². The fraction of sp³-hybridized carbons (Fsp3) is 0. The van der Waals surface area contributed by atoms with Gasteiger partial charge in [0.2, 0.25) is 0 Å². The van der Waals surface area contributed by atoms with Gasteiger partial charge in [-0.2, -0.15) is 0 Å². The van der Waals surface area contributed by atoms with Gasteiger partial charge in [0.15, 0.2) is 6.29 Å². The Kier molecular flexibility index (Phi) is 2.80. The third-order valence-electron chi connectivity index (χ3n) is 1.39. The molecule has 0 amide bonds. The summed E-state index contributed by atoms with van der Waals surface area (Å²) >= 11 is 1.84. The van der Waals surface area contributed by atoms with Crippen LogP contribution in [-0.4, -0.2) is 17.4 Å². The van der Waals surface area contributed by atoms with E-state index in [1.807, 2.05) is 22.6 Å². The Balaban J connectivity index is 3.32. The Morgan fingerprint density at radius 3 is 2.67 bits per heavy atom. The number of aldehydes is 1. The first-order valence-electron chi connectivity index (χ1n) is 3.14. The Morgan fingerprint density at radius 2 is 2.17 bits per heavy atom. The predicted octanol–water partition coefficient (Wildman–Crippen LogP) is 1.80. The minimum Gasteiger partial charge on any atom is -0.478 e. The van der Waals surface area contributed by atoms with Gasteiger partial charge in [-0.3, -0.25) is 4.79 Å². The zero-order chi connectivity index (χ0) is 9.14. The van der Waals surface area contributed by atoms with Gasteiger partial charge in [0, 0.05) is 9.13 Å². The smallest absolute Gasteiger partial charge is 0.336 e. The monoisotopic (exact) mass is 276 g/mol. The minimum atomic E-state index is -1.01. The van der Waals surface area contributed by atoms with Crippen molar-refractivity contribution in [1.29, 1.82) is 0 Å². The summed E-state index contributed by atoms with van der Waals surface area (Å²) in [4.78, 5) is 21.0. The molecule has 0 heterocycles. The van der Waals surface area contributed by atoms with Gasteiger partial charge in [0.25, 0.3) is 0 Å². The van der Waals surface area contributed by atoms with Crippen molar-refractivity contribution in [1.82, 2.24) is 0 Å². The molecule has 1 N–H and O–H groups in total. The molecular weight excluding hydrogens is 271 g/mol. The van der Waals surface area contributed by atoms with Crippen molar-refractivity contribution in [2.75, 3.05) is 0 Å². The van der Waals surface area contributed by atoms with E-state index < -0.39 is 5.97 Å². The molecule has 0 aliphatic rings. The molecule has 1 aromatic carbocycles. The molecular formula is C8H5IO3. The van der Waals surface area contributed by atoms with Gasteiger partial charge < -0.3 is 5.11 Å². The van der Waals surface area contributed by atoms with Gasteiger partial charge in [-0.05, 0) is 28.7 Å². The largest absolute Gasteiger partial charge is 0.478 e. The summed E-state index contributed by atoms with van der Waals surface area (Å²) in [5, 5.41) is 8.66. The van der Waals surface area contributed by atoms with Crippen LogP contribution in [0, 0.1) is 3.57 Å². The van der Waals surface area contributed by atoms with Gasteiger partial charge in [0.05, 0.1) is 5.56 Å². The molecule has 0 saturated carbocycles. The summed E-state index contributed by atoms with van der Waals surface area (Å²) in [5.74, 6) is -1.01. The fourth-order valence-electron chi connectivity index (χ4n) is 0.806. The van der Waals surface area contributed by atoms with E-state index in [2.05, 4.69) is 0 Å². The summed E-state index contributed by atoms with van der Waals surface area (Å²) in [6, 6.07) is 4.60. The first kappa shape index (κ1) is 9.18. The van der Waals surface area contributed by atoms with Crippen LogP contribution < -0.4 is 0 Å². The van der Waals surface area contributed by atoms with E-state index in [0.717, 1.165) is 0 Å². The number of hydrogen-bond donors (Lipinski definition) is 1. The lowest BCUT2D eigenvalue weighted by molar-refractivity contribution is 0.0695. The number of carbonyl (C=O) groups is 2. The second-order valence-electron chi connectivity index (χ2n) is 2.13. The molecule has 0 aliphatic heterocycles. The molecule has 4 heteroatoms. The van der Waals surface area contributed by atoms with Crippen LogP contribution in [0.5, 0.6) is 0 Å². The molecule has 0 spiro atoms. The Labute approximate surface area is 82.5 Å². The van der Waals surface area contributed by atoms with Gasteiger partial charge >= 0.3 is 5.97 Å². The molecule has 62 valence electrons. The zero-order valence-electron chi connectivity index (χ0n) is 5.95. The molecule has 0 aliphatic carbocycles. The Bertz CT molecular complexity index is 333. The maximum absolute atomic E-state index is 10.6. The molecule has 0 aromatic heterocycles. The fourth-order valence-corrected chi connectivity index (χ4v) is 1.52. The van der Waals surface area contributed by atoms with Crippen LogP contribution in [0.15, 0.2) is 18.2 Å². The third kappa shape index (κ3) is 1.63. The summed E-state index contributed by atoms with van der Waals surface area (Å²) in [7, 11) is 0. The number of halogens is 1. The SMILES string of the molecule is O=Cc1cccc(C(=O)O)c1I. The Hall–Kier alpha value is -0.910. The van der Waals surface area contributed by atoms with Crippen molar-refractivity contribution in [3.63, 3.8) is 0 Å². The second kappa shape index (κ2) is 3.66. The van der Waals surface area contributed by atoms with E-state index in [4.69, 9.17) is 5.11 Å². The topological polar surface area (TPSA) is 54.4 Å². The van der Waals surface area contributed by atoms with E-state index in [1.54, 1.807) is 12.1 Å². The first-order valence-corrected chi connectivity index (χ1v) is 4.21. The Morgan fingerprint density at radius 1 is 1.50 bits per heavy atom. The van der Waals surface area contributed by atoms with Crippen LogP contribution in [0.1, 0.15) is 20.7 Å². The van der Waals surface area contributed by atoms with E-state index >= 15 is 0 Å². The molecule has 0 unspecified atom stereocenters. The number of rotatable bonds is 2. The summed E-state index contributed by atoms with van der Waals surface area (Å²) in [6.45, 7) is 0. The second-order valence-corrected chi connectivity index (χ2v) is 3.21. The highest BCUT2D eigenvalue weighted by Crippen LogP contribution is 2.15. The van der Waals surface area contributed by atoms with E-state index in [0.29, 0.717) is 15.4 Å². The molecule has 12 heavy (non-hydrogen) atoms. The number of carboxylic acid groups (broad SMARTS) is 1. The molecule has 1 rings (SSSR count). The molecule has 1 aromatic rings. The lowest BCUT2D eigenvalue weighted by Gasteiger charge is -1.99. The molecule has 0 fully saturated rings. The van der Waals surface area contributed by atoms with Crippen molar-refractivity contribution in [2.24, 2.45) is 0 Å². The number of benzene rings is 1. The van der Waals surface area contributed by atoms with Crippen molar-refractivity contribution in [3.8, 4) is 0 Å². The number of carboxylic acids is 1. The van der Waals surface area contributed by atoms with Crippen LogP contribution in [-0.2, 0) is 0 Å². The van der Waals surface area contributed by atoms with E-state index in [1.165, 1.54) is 6.07 Å². The van der Waals surface area contributed by atoms with Crippen molar-refractivity contribution in [2.45, 2.75) is 0 Å². The predicted molar refractivity (Wildman–Crippen MR) is 51.5 cm³/mol. The third-order valence-corrected chi connectivity index (χ3v) is 2.59. The highest BCUT2D eigenvalue weighted by atomic mass is 127. The van der Waals surface area contributed by atoms with Crippen LogP contribution in [0.25, 0.3) is 0 Å². The van der Waals surface area contributed by atoms with Crippen LogP contribution in [0.4, 0.5) is 0 Å². The molecule has 3 nitrogen and oxygen atoms in total. The molecule has 0 atom stereocenters. The van der Waals surface area contributed by atoms with Gasteiger partial charge in [0.1, 0.15) is 0 Å². The number of hydrogen-bond acceptors (Lipinski definition) is 2. The van der Waals surface area contributed by atoms with Crippen LogP contribution in [0.2, 0.25) is 0 Å². The summed E-state index contributed by atoms with van der Waals surface area (Å²) < 4.78 is 0.484. The zero-order valence-corrected chi connectivity index (χ0v) is 8.11. The lowest BCUT2D eigenvalue weighted by Crippen LogP contribution is -2.01. The summed E-state index contributed by atoms with van der Waals surface area (Å²) in [6.07, 6.45) is 0.647. The highest BCUT2D eigenvalue weighted by Gasteiger charge is 2.09. The standard InChI is InChI=1S/C8H5IO3/c9-7-5(4-10)2-1-3-6(7)8(11)12/h1-4H,(H,11,12). The van der Waals surface area contributed by atoms with Crippen LogP contribution in [0.3, 0.4) is 0 Å². The van der Waals surface area contributed by atoms with E-state index in [9.17, 15) is 9.59 Å². The highest BCUT2D eigenvalue weighted by molar-refractivity contribution is 14.1. The van der Waals surface area contributed by atoms with Crippen molar-refractivity contribution < 1.29 is 14.7 Å². The maximum Gasteiger partial charge on any atom is 0.336 e. The van der Waals surface area contributed by atoms with E-state index in [-0.39, 0.29) is 5.56 Å². The van der Waals surface area contributed by atoms with Crippen molar-refractivity contribution >= 4 is 34.8 Å². The van der Waals surface area contributed by atoms with Crippen molar-refractivity contribution in [3.05, 3.63) is 32.9 Å². The maximum atomic E-state index is 10.6. The molecule has 0 saturated heterocycles. The quantitative estimate of drug-likeness (QED) is 0.662.